The predicted molar refractivity (Wildman–Crippen MR) is 196 cm³/mol. The van der Waals surface area contributed by atoms with Gasteiger partial charge in [0.1, 0.15) is 5.82 Å². The van der Waals surface area contributed by atoms with Crippen LogP contribution < -0.4 is 0 Å². The lowest BCUT2D eigenvalue weighted by Gasteiger charge is -2.39. The number of quaternary nitrogens is 1. The van der Waals surface area contributed by atoms with Crippen LogP contribution in [-0.2, 0) is 0 Å². The number of nitrogens with one attached hydrogen (secondary N) is 1. The first-order valence-electron chi connectivity index (χ1n) is 17.1. The average Bonchev–Trinajstić information content (AvgIpc) is 3.51. The fraction of sp³-hybridized carbons (Fsp3) is 0.475. The van der Waals surface area contributed by atoms with Gasteiger partial charge in [-0.15, -0.1) is 0 Å². The number of benzene rings is 3. The summed E-state index contributed by atoms with van der Waals surface area (Å²) in [5.74, 6) is 0.892. The molecule has 2 N–H and O–H groups in total. The highest BCUT2D eigenvalue weighted by molar-refractivity contribution is 5.81. The van der Waals surface area contributed by atoms with Crippen molar-refractivity contribution in [1.29, 1.82) is 0 Å². The summed E-state index contributed by atoms with van der Waals surface area (Å²) < 4.78 is 1.42. The Hall–Kier alpha value is -3.25. The second-order valence-electron chi connectivity index (χ2n) is 12.4. The van der Waals surface area contributed by atoms with Crippen molar-refractivity contribution in [2.75, 3.05) is 47.3 Å². The number of rotatable bonds is 15. The van der Waals surface area contributed by atoms with Gasteiger partial charge in [-0.05, 0) is 46.8 Å². The average molecular weight is 615 g/mol. The van der Waals surface area contributed by atoms with E-state index in [-0.39, 0.29) is 5.48 Å². The topological polar surface area (TPSA) is 61.9 Å². The van der Waals surface area contributed by atoms with Crippen molar-refractivity contribution in [2.24, 2.45) is 0 Å². The minimum atomic E-state index is 0. The monoisotopic (exact) mass is 614 g/mol. The van der Waals surface area contributed by atoms with Crippen LogP contribution in [0.4, 0.5) is 0 Å². The Bertz CT molecular complexity index is 1140. The van der Waals surface area contributed by atoms with E-state index in [1.165, 1.54) is 82.0 Å². The van der Waals surface area contributed by atoms with Gasteiger partial charge in [0, 0.05) is 16.7 Å². The predicted octanol–water partition coefficient (Wildman–Crippen LogP) is 10.4. The van der Waals surface area contributed by atoms with Crippen molar-refractivity contribution in [3.63, 3.8) is 0 Å². The summed E-state index contributed by atoms with van der Waals surface area (Å²) in [5, 5.41) is 0. The molecule has 0 saturated carbocycles. The summed E-state index contributed by atoms with van der Waals surface area (Å²) >= 11 is 0. The summed E-state index contributed by atoms with van der Waals surface area (Å²) in [5.41, 5.74) is 5.38. The minimum Gasteiger partial charge on any atom is -0.870 e. The van der Waals surface area contributed by atoms with Crippen molar-refractivity contribution >= 4 is 0 Å². The normalized spacial score (nSPS) is 10.8. The van der Waals surface area contributed by atoms with E-state index in [2.05, 4.69) is 69.1 Å². The molecule has 0 unspecified atom stereocenters. The SMILES string of the molecule is CCCC[N+](CCCC)(CCCC)CCCC.CN(C)C.[OH-].c1ccc(-c2nc(-c3ccccc3)c(-c3ccccc3)[nH]2)cc1. The quantitative estimate of drug-likeness (QED) is 0.136. The van der Waals surface area contributed by atoms with E-state index in [4.69, 9.17) is 4.98 Å². The molecular formula is C40H62N4O. The van der Waals surface area contributed by atoms with Crippen molar-refractivity contribution in [3.05, 3.63) is 91.0 Å². The van der Waals surface area contributed by atoms with Crippen LogP contribution in [0.2, 0.25) is 0 Å². The molecule has 5 nitrogen and oxygen atoms in total. The van der Waals surface area contributed by atoms with E-state index in [0.29, 0.717) is 0 Å². The van der Waals surface area contributed by atoms with E-state index in [1.54, 1.807) is 0 Å². The van der Waals surface area contributed by atoms with Gasteiger partial charge >= 0.3 is 0 Å². The van der Waals surface area contributed by atoms with Crippen LogP contribution in [-0.4, -0.2) is 72.1 Å². The van der Waals surface area contributed by atoms with Crippen LogP contribution in [0.1, 0.15) is 79.1 Å². The lowest BCUT2D eigenvalue weighted by atomic mass is 10.1. The van der Waals surface area contributed by atoms with Gasteiger partial charge in [0.2, 0.25) is 0 Å². The van der Waals surface area contributed by atoms with Gasteiger partial charge in [-0.2, -0.15) is 0 Å². The molecule has 1 aromatic heterocycles. The summed E-state index contributed by atoms with van der Waals surface area (Å²) in [7, 11) is 6.00. The highest BCUT2D eigenvalue weighted by Crippen LogP contribution is 2.32. The summed E-state index contributed by atoms with van der Waals surface area (Å²) in [6, 6.07) is 30.9. The first-order valence-corrected chi connectivity index (χ1v) is 17.1. The van der Waals surface area contributed by atoms with Gasteiger partial charge in [0.05, 0.1) is 37.6 Å². The van der Waals surface area contributed by atoms with Gasteiger partial charge in [-0.25, -0.2) is 4.98 Å². The Labute approximate surface area is 275 Å². The van der Waals surface area contributed by atoms with Gasteiger partial charge in [0.25, 0.3) is 0 Å². The number of nitrogens with zero attached hydrogens (tertiary/aromatic N) is 3. The van der Waals surface area contributed by atoms with Crippen LogP contribution in [0.5, 0.6) is 0 Å². The molecule has 4 rings (SSSR count). The van der Waals surface area contributed by atoms with Crippen molar-refractivity contribution in [1.82, 2.24) is 14.9 Å². The van der Waals surface area contributed by atoms with E-state index in [9.17, 15) is 0 Å². The molecule has 0 saturated heterocycles. The maximum absolute atomic E-state index is 4.87. The van der Waals surface area contributed by atoms with Crippen LogP contribution in [0.3, 0.4) is 0 Å². The molecule has 0 spiro atoms. The van der Waals surface area contributed by atoms with E-state index >= 15 is 0 Å². The number of hydrogen-bond acceptors (Lipinski definition) is 3. The molecular weight excluding hydrogens is 552 g/mol. The second-order valence-corrected chi connectivity index (χ2v) is 12.4. The van der Waals surface area contributed by atoms with Crippen LogP contribution in [0.15, 0.2) is 91.0 Å². The first-order chi connectivity index (χ1) is 21.4. The molecule has 0 aliphatic carbocycles. The summed E-state index contributed by atoms with van der Waals surface area (Å²) in [6.07, 6.45) is 11.1. The molecule has 0 bridgehead atoms. The maximum atomic E-state index is 4.87. The molecule has 0 aliphatic rings. The zero-order chi connectivity index (χ0) is 32.0. The Morgan fingerprint density at radius 2 is 0.867 bits per heavy atom. The smallest absolute Gasteiger partial charge is 0.138 e. The fourth-order valence-electron chi connectivity index (χ4n) is 5.37. The molecule has 0 radical (unpaired) electrons. The van der Waals surface area contributed by atoms with Crippen molar-refractivity contribution in [2.45, 2.75) is 79.1 Å². The maximum Gasteiger partial charge on any atom is 0.138 e. The third kappa shape index (κ3) is 14.6. The molecule has 45 heavy (non-hydrogen) atoms. The Balaban J connectivity index is 0.000000411. The fourth-order valence-corrected chi connectivity index (χ4v) is 5.37. The van der Waals surface area contributed by atoms with Gasteiger partial charge in [-0.1, -0.05) is 144 Å². The minimum absolute atomic E-state index is 0. The number of aromatic amines is 1. The van der Waals surface area contributed by atoms with Crippen LogP contribution >= 0.6 is 0 Å². The Kier molecular flexibility index (Phi) is 20.5. The molecule has 0 aliphatic heterocycles. The largest absolute Gasteiger partial charge is 0.870 e. The molecule has 5 heteroatoms. The Morgan fingerprint density at radius 1 is 0.533 bits per heavy atom. The van der Waals surface area contributed by atoms with Crippen molar-refractivity contribution < 1.29 is 9.96 Å². The van der Waals surface area contributed by atoms with E-state index in [0.717, 1.165) is 33.9 Å². The molecule has 248 valence electrons. The molecule has 0 amide bonds. The number of unbranched alkanes of at least 4 members (excludes halogenated alkanes) is 4. The molecule has 0 atom stereocenters. The van der Waals surface area contributed by atoms with Crippen LogP contribution in [0.25, 0.3) is 33.9 Å². The van der Waals surface area contributed by atoms with Crippen LogP contribution in [0, 0.1) is 0 Å². The standard InChI is InChI=1S/C21H16N2.C16H36N.C3H9N.H2O/c1-4-10-16(11-5-1)19-20(17-12-6-2-7-13-17)23-21(22-19)18-14-8-3-9-15-18;1-5-9-13-17(14-10-6-2,15-11-7-3)16-12-8-4;1-4(2)3;/h1-15H,(H,22,23);5-16H2,1-4H3;1-3H3;1H2/q;+1;;/p-1. The second kappa shape index (κ2) is 23.1. The third-order valence-corrected chi connectivity index (χ3v) is 7.80. The zero-order valence-electron chi connectivity index (χ0n) is 29.4. The number of imidazole rings is 1. The van der Waals surface area contributed by atoms with Gasteiger partial charge in [-0.3, -0.25) is 0 Å². The van der Waals surface area contributed by atoms with E-state index < -0.39 is 0 Å². The number of H-pyrrole nitrogens is 1. The first kappa shape index (κ1) is 39.8. The van der Waals surface area contributed by atoms with Gasteiger partial charge < -0.3 is 19.8 Å². The summed E-state index contributed by atoms with van der Waals surface area (Å²) in [6.45, 7) is 15.0. The Morgan fingerprint density at radius 3 is 1.22 bits per heavy atom. The molecule has 0 fully saturated rings. The third-order valence-electron chi connectivity index (χ3n) is 7.80. The highest BCUT2D eigenvalue weighted by Gasteiger charge is 2.24. The molecule has 4 aromatic rings. The number of aromatic nitrogens is 2. The lowest BCUT2D eigenvalue weighted by molar-refractivity contribution is -0.929. The summed E-state index contributed by atoms with van der Waals surface area (Å²) in [4.78, 5) is 10.4. The highest BCUT2D eigenvalue weighted by atomic mass is 16.0. The lowest BCUT2D eigenvalue weighted by Crippen LogP contribution is -2.50. The van der Waals surface area contributed by atoms with Gasteiger partial charge in [0.15, 0.2) is 0 Å². The zero-order valence-corrected chi connectivity index (χ0v) is 29.4. The van der Waals surface area contributed by atoms with E-state index in [1.807, 2.05) is 80.6 Å². The molecule has 1 heterocycles. The van der Waals surface area contributed by atoms with Crippen molar-refractivity contribution in [3.8, 4) is 33.9 Å². The number of hydrogen-bond donors (Lipinski definition) is 1. The molecule has 3 aromatic carbocycles.